The fourth-order valence-electron chi connectivity index (χ4n) is 5.34. The molecule has 4 aromatic rings. The Bertz CT molecular complexity index is 1400. The standard InChI is InChI=1S/C28H30N2O5S3/c1-29(13-4-14-30-22-12-7-19(18-31)17-23(22)38-27(30)34)20-8-10-21(11-9-20)35-28(26(32)33,24-5-2-15-36-24)25-6-3-16-37-25/h2-3,5-7,12,15-18,20-21H,4,8-11,13-14H2,1H3,(H,32,33)/t20-,21-. The molecule has 1 N–H and O–H groups in total. The number of benzene rings is 1. The van der Waals surface area contributed by atoms with Crippen molar-refractivity contribution in [2.45, 2.75) is 56.4 Å². The molecule has 1 saturated carbocycles. The molecule has 0 unspecified atom stereocenters. The average molecular weight is 571 g/mol. The van der Waals surface area contributed by atoms with Crippen LogP contribution in [0.1, 0.15) is 52.2 Å². The monoisotopic (exact) mass is 570 g/mol. The highest BCUT2D eigenvalue weighted by Crippen LogP contribution is 2.42. The number of ether oxygens (including phenoxy) is 1. The number of carboxylic acids is 1. The van der Waals surface area contributed by atoms with Crippen molar-refractivity contribution in [2.24, 2.45) is 0 Å². The molecule has 0 radical (unpaired) electrons. The lowest BCUT2D eigenvalue weighted by Gasteiger charge is -2.38. The van der Waals surface area contributed by atoms with E-state index >= 15 is 0 Å². The molecule has 0 amide bonds. The zero-order chi connectivity index (χ0) is 26.7. The van der Waals surface area contributed by atoms with Crippen LogP contribution in [0.4, 0.5) is 0 Å². The van der Waals surface area contributed by atoms with Gasteiger partial charge in [0, 0.05) is 18.2 Å². The van der Waals surface area contributed by atoms with Crippen LogP contribution in [0, 0.1) is 0 Å². The van der Waals surface area contributed by atoms with E-state index in [0.29, 0.717) is 27.9 Å². The number of carbonyl (C=O) groups excluding carboxylic acids is 1. The van der Waals surface area contributed by atoms with E-state index in [-0.39, 0.29) is 11.0 Å². The Morgan fingerprint density at radius 3 is 2.39 bits per heavy atom. The lowest BCUT2D eigenvalue weighted by molar-refractivity contribution is -0.170. The SMILES string of the molecule is CN(CCCn1c(=O)sc2cc(C=O)ccc21)[C@H]1CC[C@H](OC(C(=O)O)(c2cccs2)c2cccs2)CC1. The second-order valence-electron chi connectivity index (χ2n) is 9.69. The van der Waals surface area contributed by atoms with Crippen molar-refractivity contribution >= 4 is 56.5 Å². The molecule has 200 valence electrons. The summed E-state index contributed by atoms with van der Waals surface area (Å²) in [6, 6.07) is 13.2. The number of aromatic nitrogens is 1. The minimum Gasteiger partial charge on any atom is -0.479 e. The van der Waals surface area contributed by atoms with Crippen molar-refractivity contribution in [1.29, 1.82) is 0 Å². The number of aliphatic carboxylic acids is 1. The number of rotatable bonds is 11. The number of hydrogen-bond acceptors (Lipinski definition) is 8. The third kappa shape index (κ3) is 5.28. The molecule has 1 aliphatic carbocycles. The number of carboxylic acid groups (broad SMARTS) is 1. The Labute approximate surface area is 232 Å². The fourth-order valence-corrected chi connectivity index (χ4v) is 8.11. The van der Waals surface area contributed by atoms with Gasteiger partial charge in [-0.3, -0.25) is 14.2 Å². The zero-order valence-electron chi connectivity index (χ0n) is 21.1. The van der Waals surface area contributed by atoms with Crippen LogP contribution in [0.15, 0.2) is 58.0 Å². The van der Waals surface area contributed by atoms with E-state index in [1.54, 1.807) is 16.7 Å². The van der Waals surface area contributed by atoms with Crippen LogP contribution >= 0.6 is 34.0 Å². The summed E-state index contributed by atoms with van der Waals surface area (Å²) in [7, 11) is 2.12. The minimum atomic E-state index is -1.46. The average Bonchev–Trinajstić information content (AvgIpc) is 3.70. The molecule has 3 aromatic heterocycles. The molecule has 5 rings (SSSR count). The maximum atomic E-state index is 12.7. The van der Waals surface area contributed by atoms with E-state index in [2.05, 4.69) is 11.9 Å². The highest BCUT2D eigenvalue weighted by atomic mass is 32.1. The number of fused-ring (bicyclic) bond motifs is 1. The molecule has 0 atom stereocenters. The first-order valence-electron chi connectivity index (χ1n) is 12.7. The molecule has 0 bridgehead atoms. The largest absolute Gasteiger partial charge is 0.479 e. The fraction of sp³-hybridized carbons (Fsp3) is 0.393. The Hall–Kier alpha value is -2.63. The van der Waals surface area contributed by atoms with Crippen LogP contribution in [-0.2, 0) is 21.7 Å². The lowest BCUT2D eigenvalue weighted by atomic mass is 9.90. The summed E-state index contributed by atoms with van der Waals surface area (Å²) < 4.78 is 9.14. The van der Waals surface area contributed by atoms with E-state index in [4.69, 9.17) is 4.74 Å². The number of carbonyl (C=O) groups is 2. The molecular formula is C28H30N2O5S3. The predicted octanol–water partition coefficient (Wildman–Crippen LogP) is 5.68. The quantitative estimate of drug-likeness (QED) is 0.234. The summed E-state index contributed by atoms with van der Waals surface area (Å²) >= 11 is 4.01. The first-order chi connectivity index (χ1) is 18.4. The summed E-state index contributed by atoms with van der Waals surface area (Å²) in [5.74, 6) is -0.972. The van der Waals surface area contributed by atoms with E-state index in [1.165, 1.54) is 34.0 Å². The summed E-state index contributed by atoms with van der Waals surface area (Å²) in [6.45, 7) is 1.49. The van der Waals surface area contributed by atoms with Gasteiger partial charge in [0.25, 0.3) is 0 Å². The number of aryl methyl sites for hydroxylation is 1. The van der Waals surface area contributed by atoms with Crippen molar-refractivity contribution in [1.82, 2.24) is 9.47 Å². The summed E-state index contributed by atoms with van der Waals surface area (Å²) in [4.78, 5) is 40.0. The first kappa shape index (κ1) is 27.0. The highest BCUT2D eigenvalue weighted by Gasteiger charge is 2.48. The third-order valence-corrected chi connectivity index (χ3v) is 10.3. The van der Waals surface area contributed by atoms with Gasteiger partial charge in [-0.1, -0.05) is 23.5 Å². The van der Waals surface area contributed by atoms with Crippen molar-refractivity contribution in [3.8, 4) is 0 Å². The molecule has 1 fully saturated rings. The van der Waals surface area contributed by atoms with Gasteiger partial charge in [-0.05, 0) is 86.8 Å². The van der Waals surface area contributed by atoms with Crippen molar-refractivity contribution < 1.29 is 19.4 Å². The maximum absolute atomic E-state index is 12.7. The zero-order valence-corrected chi connectivity index (χ0v) is 23.5. The van der Waals surface area contributed by atoms with E-state index < -0.39 is 11.6 Å². The van der Waals surface area contributed by atoms with Crippen molar-refractivity contribution in [2.75, 3.05) is 13.6 Å². The van der Waals surface area contributed by atoms with Gasteiger partial charge in [0.2, 0.25) is 5.60 Å². The van der Waals surface area contributed by atoms with Gasteiger partial charge < -0.3 is 14.7 Å². The van der Waals surface area contributed by atoms with Crippen LogP contribution in [0.3, 0.4) is 0 Å². The Morgan fingerprint density at radius 1 is 1.13 bits per heavy atom. The van der Waals surface area contributed by atoms with Crippen LogP contribution in [0.5, 0.6) is 0 Å². The van der Waals surface area contributed by atoms with Crippen LogP contribution in [-0.4, -0.2) is 52.6 Å². The van der Waals surface area contributed by atoms with Gasteiger partial charge in [0.05, 0.1) is 26.1 Å². The number of thiazole rings is 1. The predicted molar refractivity (Wildman–Crippen MR) is 153 cm³/mol. The van der Waals surface area contributed by atoms with Gasteiger partial charge in [0.1, 0.15) is 6.29 Å². The topological polar surface area (TPSA) is 88.8 Å². The van der Waals surface area contributed by atoms with E-state index in [0.717, 1.165) is 55.2 Å². The van der Waals surface area contributed by atoms with Gasteiger partial charge in [0.15, 0.2) is 0 Å². The number of nitrogens with zero attached hydrogens (tertiary/aromatic N) is 2. The Morgan fingerprint density at radius 2 is 1.82 bits per heavy atom. The second kappa shape index (κ2) is 11.6. The molecule has 1 aromatic carbocycles. The van der Waals surface area contributed by atoms with Gasteiger partial charge in [-0.15, -0.1) is 22.7 Å². The molecule has 0 aliphatic heterocycles. The molecule has 38 heavy (non-hydrogen) atoms. The van der Waals surface area contributed by atoms with Gasteiger partial charge in [-0.25, -0.2) is 4.79 Å². The molecule has 7 nitrogen and oxygen atoms in total. The number of thiophene rings is 2. The van der Waals surface area contributed by atoms with Crippen LogP contribution in [0.2, 0.25) is 0 Å². The summed E-state index contributed by atoms with van der Waals surface area (Å²) in [6.07, 6.45) is 4.97. The van der Waals surface area contributed by atoms with Crippen molar-refractivity contribution in [3.05, 3.63) is 78.2 Å². The number of hydrogen-bond donors (Lipinski definition) is 1. The van der Waals surface area contributed by atoms with Gasteiger partial charge >= 0.3 is 10.8 Å². The molecule has 0 spiro atoms. The number of aldehydes is 1. The molecule has 3 heterocycles. The third-order valence-electron chi connectivity index (χ3n) is 7.37. The molecular weight excluding hydrogens is 541 g/mol. The smallest absolute Gasteiger partial charge is 0.347 e. The first-order valence-corrected chi connectivity index (χ1v) is 15.3. The second-order valence-corrected chi connectivity index (χ2v) is 12.6. The van der Waals surface area contributed by atoms with Crippen molar-refractivity contribution in [3.63, 3.8) is 0 Å². The van der Waals surface area contributed by atoms with Crippen LogP contribution < -0.4 is 4.87 Å². The maximum Gasteiger partial charge on any atom is 0.347 e. The molecule has 1 aliphatic rings. The van der Waals surface area contributed by atoms with Gasteiger partial charge in [-0.2, -0.15) is 0 Å². The van der Waals surface area contributed by atoms with E-state index in [9.17, 15) is 19.5 Å². The molecule has 0 saturated heterocycles. The lowest BCUT2D eigenvalue weighted by Crippen LogP contribution is -2.44. The van der Waals surface area contributed by atoms with Crippen LogP contribution in [0.25, 0.3) is 10.2 Å². The molecule has 10 heteroatoms. The normalized spacial score (nSPS) is 18.3. The minimum absolute atomic E-state index is 0.00162. The van der Waals surface area contributed by atoms with E-state index in [1.807, 2.05) is 41.1 Å². The Balaban J connectivity index is 1.18. The highest BCUT2D eigenvalue weighted by molar-refractivity contribution is 7.16. The summed E-state index contributed by atoms with van der Waals surface area (Å²) in [5.41, 5.74) is -0.00434. The Kier molecular flexibility index (Phi) is 8.25. The summed E-state index contributed by atoms with van der Waals surface area (Å²) in [5, 5.41) is 14.2.